The van der Waals surface area contributed by atoms with E-state index in [-0.39, 0.29) is 0 Å². The summed E-state index contributed by atoms with van der Waals surface area (Å²) in [7, 11) is 0. The van der Waals surface area contributed by atoms with Crippen molar-refractivity contribution in [3.63, 3.8) is 0 Å². The van der Waals surface area contributed by atoms with Gasteiger partial charge in [-0.05, 0) is 124 Å². The average Bonchev–Trinajstić information content (AvgIpc) is 2.73. The summed E-state index contributed by atoms with van der Waals surface area (Å²) in [5, 5.41) is 0.443. The Morgan fingerprint density at radius 3 is 1.32 bits per heavy atom. The normalized spacial score (nSPS) is 51.0. The van der Waals surface area contributed by atoms with Crippen LogP contribution < -0.4 is 0 Å². The zero-order valence-corrected chi connectivity index (χ0v) is 19.8. The first-order chi connectivity index (χ1) is 13.5. The Hall–Kier alpha value is 0.290. The van der Waals surface area contributed by atoms with Gasteiger partial charge in [-0.25, -0.2) is 0 Å². The van der Waals surface area contributed by atoms with E-state index in [4.69, 9.17) is 11.6 Å². The molecule has 4 aliphatic rings. The maximum Gasteiger partial charge on any atom is 0.0395 e. The predicted molar refractivity (Wildman–Crippen MR) is 123 cm³/mol. The smallest absolute Gasteiger partial charge is 0.0395 e. The Morgan fingerprint density at radius 1 is 0.464 bits per heavy atom. The fourth-order valence-corrected chi connectivity index (χ4v) is 8.55. The van der Waals surface area contributed by atoms with Crippen molar-refractivity contribution >= 4 is 11.6 Å². The van der Waals surface area contributed by atoms with Gasteiger partial charge in [0.05, 0.1) is 0 Å². The van der Waals surface area contributed by atoms with Crippen LogP contribution in [0.5, 0.6) is 0 Å². The van der Waals surface area contributed by atoms with Gasteiger partial charge in [-0.1, -0.05) is 40.0 Å². The number of hydrogen-bond donors (Lipinski definition) is 0. The highest BCUT2D eigenvalue weighted by molar-refractivity contribution is 6.21. The molecular weight excluding hydrogens is 360 g/mol. The summed E-state index contributed by atoms with van der Waals surface area (Å²) >= 11 is 6.95. The summed E-state index contributed by atoms with van der Waals surface area (Å²) in [6.45, 7) is 7.29. The maximum absolute atomic E-state index is 6.95. The van der Waals surface area contributed by atoms with Gasteiger partial charge in [-0.2, -0.15) is 0 Å². The largest absolute Gasteiger partial charge is 0.122 e. The second kappa shape index (κ2) is 9.62. The van der Waals surface area contributed by atoms with E-state index in [1.54, 1.807) is 38.5 Å². The number of hydrogen-bond acceptors (Lipinski definition) is 0. The molecule has 4 saturated carbocycles. The summed E-state index contributed by atoms with van der Waals surface area (Å²) in [6, 6.07) is 0. The van der Waals surface area contributed by atoms with Crippen LogP contribution in [0.4, 0.5) is 0 Å². The predicted octanol–water partition coefficient (Wildman–Crippen LogP) is 8.72. The van der Waals surface area contributed by atoms with E-state index in [0.29, 0.717) is 5.38 Å². The molecule has 0 nitrogen and oxygen atoms in total. The molecule has 0 aliphatic heterocycles. The van der Waals surface area contributed by atoms with Crippen LogP contribution in [0.25, 0.3) is 0 Å². The zero-order chi connectivity index (χ0) is 19.7. The van der Waals surface area contributed by atoms with Gasteiger partial charge in [0.2, 0.25) is 0 Å². The first-order valence-electron chi connectivity index (χ1n) is 13.2. The summed E-state index contributed by atoms with van der Waals surface area (Å²) in [5.41, 5.74) is 0. The van der Waals surface area contributed by atoms with Crippen molar-refractivity contribution in [2.45, 2.75) is 116 Å². The highest BCUT2D eigenvalue weighted by Gasteiger charge is 2.40. The molecule has 0 amide bonds. The summed E-state index contributed by atoms with van der Waals surface area (Å²) < 4.78 is 0. The number of alkyl halides is 1. The minimum absolute atomic E-state index is 0.443. The van der Waals surface area contributed by atoms with Crippen LogP contribution in [-0.2, 0) is 0 Å². The summed E-state index contributed by atoms with van der Waals surface area (Å²) in [4.78, 5) is 0. The fraction of sp³-hybridized carbons (Fsp3) is 1.00. The topological polar surface area (TPSA) is 0 Å². The SMILES string of the molecule is CC1CCC(C2CCC(C3CCC(C4CCC(C)C(C)C4Cl)CC3)CC2)CC1. The fourth-order valence-electron chi connectivity index (χ4n) is 7.97. The Balaban J connectivity index is 1.21. The molecule has 4 aliphatic carbocycles. The Morgan fingerprint density at radius 2 is 0.857 bits per heavy atom. The van der Waals surface area contributed by atoms with Crippen molar-refractivity contribution in [2.24, 2.45) is 53.3 Å². The van der Waals surface area contributed by atoms with Crippen molar-refractivity contribution in [1.82, 2.24) is 0 Å². The van der Waals surface area contributed by atoms with Gasteiger partial charge in [0.1, 0.15) is 0 Å². The molecule has 1 heteroatoms. The monoisotopic (exact) mass is 406 g/mol. The number of rotatable bonds is 3. The van der Waals surface area contributed by atoms with Crippen molar-refractivity contribution in [2.75, 3.05) is 0 Å². The standard InChI is InChI=1S/C27H47Cl/c1-18-4-7-21(8-5-18)22-9-11-23(12-10-22)24-13-15-25(16-14-24)26-17-6-19(2)20(3)27(26)28/h18-27H,4-17H2,1-3H3. The first-order valence-corrected chi connectivity index (χ1v) is 13.6. The van der Waals surface area contributed by atoms with Gasteiger partial charge in [-0.15, -0.1) is 11.6 Å². The second-order valence-corrected chi connectivity index (χ2v) is 12.4. The molecule has 0 aromatic rings. The van der Waals surface area contributed by atoms with Gasteiger partial charge in [0.25, 0.3) is 0 Å². The molecule has 0 saturated heterocycles. The van der Waals surface area contributed by atoms with E-state index in [1.165, 1.54) is 51.4 Å². The zero-order valence-electron chi connectivity index (χ0n) is 19.1. The molecule has 0 N–H and O–H groups in total. The van der Waals surface area contributed by atoms with Crippen LogP contribution in [0.3, 0.4) is 0 Å². The third-order valence-corrected chi connectivity index (χ3v) is 11.1. The molecule has 4 rings (SSSR count). The summed E-state index contributed by atoms with van der Waals surface area (Å²) in [5.74, 6) is 8.60. The van der Waals surface area contributed by atoms with E-state index >= 15 is 0 Å². The molecule has 0 aromatic heterocycles. The molecule has 0 aromatic carbocycles. The highest BCUT2D eigenvalue weighted by Crippen LogP contribution is 2.49. The average molecular weight is 407 g/mol. The molecule has 4 unspecified atom stereocenters. The van der Waals surface area contributed by atoms with Gasteiger partial charge in [0, 0.05) is 5.38 Å². The van der Waals surface area contributed by atoms with Crippen LogP contribution in [0.2, 0.25) is 0 Å². The Bertz CT molecular complexity index is 463. The van der Waals surface area contributed by atoms with E-state index in [1.807, 2.05) is 0 Å². The Labute approximate surface area is 181 Å². The lowest BCUT2D eigenvalue weighted by molar-refractivity contribution is 0.0801. The molecular formula is C27H47Cl. The van der Waals surface area contributed by atoms with Crippen molar-refractivity contribution in [3.05, 3.63) is 0 Å². The lowest BCUT2D eigenvalue weighted by Crippen LogP contribution is -2.38. The maximum atomic E-state index is 6.95. The highest BCUT2D eigenvalue weighted by atomic mass is 35.5. The first kappa shape index (κ1) is 21.5. The number of halogens is 1. The van der Waals surface area contributed by atoms with Crippen molar-refractivity contribution < 1.29 is 0 Å². The van der Waals surface area contributed by atoms with Crippen molar-refractivity contribution in [1.29, 1.82) is 0 Å². The van der Waals surface area contributed by atoms with E-state index in [9.17, 15) is 0 Å². The Kier molecular flexibility index (Phi) is 7.39. The van der Waals surface area contributed by atoms with Gasteiger partial charge in [-0.3, -0.25) is 0 Å². The van der Waals surface area contributed by atoms with E-state index in [2.05, 4.69) is 20.8 Å². The minimum Gasteiger partial charge on any atom is -0.122 e. The van der Waals surface area contributed by atoms with Crippen LogP contribution in [-0.4, -0.2) is 5.38 Å². The third kappa shape index (κ3) is 4.78. The molecule has 0 spiro atoms. The lowest BCUT2D eigenvalue weighted by atomic mass is 9.62. The van der Waals surface area contributed by atoms with Crippen LogP contribution in [0.15, 0.2) is 0 Å². The van der Waals surface area contributed by atoms with Crippen molar-refractivity contribution in [3.8, 4) is 0 Å². The summed E-state index contributed by atoms with van der Waals surface area (Å²) in [6.07, 6.45) is 21.2. The molecule has 0 bridgehead atoms. The molecule has 162 valence electrons. The quantitative estimate of drug-likeness (QED) is 0.411. The van der Waals surface area contributed by atoms with Crippen LogP contribution >= 0.6 is 11.6 Å². The molecule has 0 radical (unpaired) electrons. The van der Waals surface area contributed by atoms with Gasteiger partial charge < -0.3 is 0 Å². The minimum atomic E-state index is 0.443. The lowest BCUT2D eigenvalue weighted by Gasteiger charge is -2.45. The molecule has 28 heavy (non-hydrogen) atoms. The third-order valence-electron chi connectivity index (χ3n) is 10.4. The molecule has 4 atom stereocenters. The van der Waals surface area contributed by atoms with Gasteiger partial charge in [0.15, 0.2) is 0 Å². The molecule has 4 fully saturated rings. The molecule has 0 heterocycles. The van der Waals surface area contributed by atoms with Crippen LogP contribution in [0, 0.1) is 53.3 Å². The second-order valence-electron chi connectivity index (χ2n) is 11.9. The van der Waals surface area contributed by atoms with Crippen LogP contribution in [0.1, 0.15) is 111 Å². The van der Waals surface area contributed by atoms with E-state index in [0.717, 1.165) is 53.3 Å². The van der Waals surface area contributed by atoms with E-state index < -0.39 is 0 Å². The van der Waals surface area contributed by atoms with Gasteiger partial charge >= 0.3 is 0 Å².